The van der Waals surface area contributed by atoms with Gasteiger partial charge in [0.25, 0.3) is 5.91 Å². The van der Waals surface area contributed by atoms with Gasteiger partial charge in [-0.25, -0.2) is 4.98 Å². The van der Waals surface area contributed by atoms with Crippen LogP contribution in [0.25, 0.3) is 22.4 Å². The number of primary amides is 1. The molecule has 0 aliphatic heterocycles. The molecule has 0 saturated heterocycles. The number of halogens is 1. The van der Waals surface area contributed by atoms with Gasteiger partial charge in [-0.3, -0.25) is 9.78 Å². The summed E-state index contributed by atoms with van der Waals surface area (Å²) in [6.07, 6.45) is 2.52. The van der Waals surface area contributed by atoms with Crippen LogP contribution in [0, 0.1) is 13.8 Å². The number of rotatable bonds is 4. The first-order valence-corrected chi connectivity index (χ1v) is 9.37. The minimum absolute atomic E-state index is 0.207. The average molecular weight is 378 g/mol. The third-order valence-corrected chi connectivity index (χ3v) is 5.30. The van der Waals surface area contributed by atoms with E-state index in [1.165, 1.54) is 18.4 Å². The first-order chi connectivity index (χ1) is 12.9. The molecular formula is C22H20ClN3O. The highest BCUT2D eigenvalue weighted by Crippen LogP contribution is 2.42. The summed E-state index contributed by atoms with van der Waals surface area (Å²) in [7, 11) is 0. The van der Waals surface area contributed by atoms with Gasteiger partial charge in [0.05, 0.1) is 17.1 Å². The number of aryl methyl sites for hydroxylation is 2. The average Bonchev–Trinajstić information content (AvgIpc) is 3.47. The van der Waals surface area contributed by atoms with Crippen molar-refractivity contribution in [3.63, 3.8) is 0 Å². The number of aromatic nitrogens is 2. The fourth-order valence-electron chi connectivity index (χ4n) is 3.38. The Hall–Kier alpha value is -2.72. The lowest BCUT2D eigenvalue weighted by Gasteiger charge is -2.11. The van der Waals surface area contributed by atoms with Crippen molar-refractivity contribution in [2.45, 2.75) is 32.6 Å². The van der Waals surface area contributed by atoms with E-state index in [1.54, 1.807) is 6.92 Å². The van der Waals surface area contributed by atoms with Crippen molar-refractivity contribution in [3.05, 3.63) is 70.1 Å². The van der Waals surface area contributed by atoms with Gasteiger partial charge >= 0.3 is 0 Å². The molecule has 1 aromatic heterocycles. The monoisotopic (exact) mass is 377 g/mol. The second-order valence-corrected chi connectivity index (χ2v) is 7.45. The number of carbonyl (C=O) groups is 1. The summed E-state index contributed by atoms with van der Waals surface area (Å²) in [5.41, 5.74) is 11.8. The van der Waals surface area contributed by atoms with E-state index < -0.39 is 5.91 Å². The lowest BCUT2D eigenvalue weighted by atomic mass is 10.00. The third-order valence-electron chi connectivity index (χ3n) is 4.99. The highest BCUT2D eigenvalue weighted by atomic mass is 35.5. The van der Waals surface area contributed by atoms with E-state index in [9.17, 15) is 4.79 Å². The Morgan fingerprint density at radius 3 is 2.26 bits per heavy atom. The van der Waals surface area contributed by atoms with Crippen molar-refractivity contribution in [1.82, 2.24) is 9.97 Å². The van der Waals surface area contributed by atoms with Crippen LogP contribution in [0.3, 0.4) is 0 Å². The fourth-order valence-corrected chi connectivity index (χ4v) is 3.68. The molecule has 1 fully saturated rings. The third kappa shape index (κ3) is 3.45. The van der Waals surface area contributed by atoms with Crippen LogP contribution in [-0.4, -0.2) is 15.9 Å². The quantitative estimate of drug-likeness (QED) is 0.691. The summed E-state index contributed by atoms with van der Waals surface area (Å²) in [6, 6.07) is 14.3. The molecule has 4 rings (SSSR count). The zero-order valence-electron chi connectivity index (χ0n) is 15.3. The fraction of sp³-hybridized carbons (Fsp3) is 0.227. The molecule has 1 aliphatic carbocycles. The standard InChI is InChI=1S/C22H20ClN3O/c1-12-20(26-21(22(24)27)13(2)25-12)16-7-5-15(6-8-16)18-10-9-17(11-19(18)23)14-3-4-14/h5-11,14H,3-4H2,1-2H3,(H2,24,27). The molecule has 4 nitrogen and oxygen atoms in total. The minimum Gasteiger partial charge on any atom is -0.364 e. The molecule has 2 aromatic carbocycles. The molecule has 0 atom stereocenters. The van der Waals surface area contributed by atoms with Crippen LogP contribution in [0.15, 0.2) is 42.5 Å². The molecule has 0 spiro atoms. The Morgan fingerprint density at radius 1 is 1.00 bits per heavy atom. The summed E-state index contributed by atoms with van der Waals surface area (Å²) >= 11 is 6.52. The Morgan fingerprint density at radius 2 is 1.67 bits per heavy atom. The summed E-state index contributed by atoms with van der Waals surface area (Å²) in [6.45, 7) is 3.61. The van der Waals surface area contributed by atoms with Crippen molar-refractivity contribution < 1.29 is 4.79 Å². The van der Waals surface area contributed by atoms with Crippen LogP contribution in [-0.2, 0) is 0 Å². The zero-order chi connectivity index (χ0) is 19.1. The van der Waals surface area contributed by atoms with Crippen molar-refractivity contribution in [3.8, 4) is 22.4 Å². The summed E-state index contributed by atoms with van der Waals surface area (Å²) < 4.78 is 0. The van der Waals surface area contributed by atoms with E-state index in [0.29, 0.717) is 17.3 Å². The van der Waals surface area contributed by atoms with Gasteiger partial charge in [-0.1, -0.05) is 48.0 Å². The predicted molar refractivity (Wildman–Crippen MR) is 108 cm³/mol. The molecule has 0 bridgehead atoms. The van der Waals surface area contributed by atoms with Gasteiger partial charge in [0.2, 0.25) is 0 Å². The predicted octanol–water partition coefficient (Wildman–Crippen LogP) is 5.06. The first-order valence-electron chi connectivity index (χ1n) is 8.99. The molecule has 1 saturated carbocycles. The van der Waals surface area contributed by atoms with Crippen molar-refractivity contribution in [1.29, 1.82) is 0 Å². The topological polar surface area (TPSA) is 68.9 Å². The molecule has 1 heterocycles. The first kappa shape index (κ1) is 17.7. The maximum Gasteiger partial charge on any atom is 0.269 e. The van der Waals surface area contributed by atoms with Crippen LogP contribution < -0.4 is 5.73 Å². The number of amides is 1. The number of nitrogens with two attached hydrogens (primary N) is 1. The molecular weight excluding hydrogens is 358 g/mol. The molecule has 1 amide bonds. The molecule has 5 heteroatoms. The van der Waals surface area contributed by atoms with Crippen LogP contribution in [0.2, 0.25) is 5.02 Å². The summed E-state index contributed by atoms with van der Waals surface area (Å²) in [5.74, 6) is 0.113. The SMILES string of the molecule is Cc1nc(C)c(-c2ccc(-c3ccc(C4CC4)cc3Cl)cc2)nc1C(N)=O. The number of nitrogens with zero attached hydrogens (tertiary/aromatic N) is 2. The van der Waals surface area contributed by atoms with E-state index in [2.05, 4.69) is 28.2 Å². The summed E-state index contributed by atoms with van der Waals surface area (Å²) in [4.78, 5) is 20.4. The van der Waals surface area contributed by atoms with Gasteiger partial charge in [0.15, 0.2) is 0 Å². The molecule has 27 heavy (non-hydrogen) atoms. The molecule has 0 radical (unpaired) electrons. The smallest absolute Gasteiger partial charge is 0.269 e. The van der Waals surface area contributed by atoms with Gasteiger partial charge in [-0.15, -0.1) is 0 Å². The van der Waals surface area contributed by atoms with Crippen LogP contribution in [0.5, 0.6) is 0 Å². The number of hydrogen-bond acceptors (Lipinski definition) is 3. The van der Waals surface area contributed by atoms with Crippen LogP contribution >= 0.6 is 11.6 Å². The minimum atomic E-state index is -0.569. The van der Waals surface area contributed by atoms with Crippen LogP contribution in [0.4, 0.5) is 0 Å². The van der Waals surface area contributed by atoms with Gasteiger partial charge in [-0.05, 0) is 49.8 Å². The Balaban J connectivity index is 1.69. The Labute approximate surface area is 163 Å². The second kappa shape index (κ2) is 6.78. The van der Waals surface area contributed by atoms with E-state index in [-0.39, 0.29) is 5.69 Å². The van der Waals surface area contributed by atoms with Crippen molar-refractivity contribution in [2.24, 2.45) is 5.73 Å². The molecule has 136 valence electrons. The Bertz CT molecular complexity index is 1040. The number of carbonyl (C=O) groups excluding carboxylic acids is 1. The van der Waals surface area contributed by atoms with Crippen molar-refractivity contribution in [2.75, 3.05) is 0 Å². The number of hydrogen-bond donors (Lipinski definition) is 1. The van der Waals surface area contributed by atoms with Gasteiger partial charge < -0.3 is 5.73 Å². The van der Waals surface area contributed by atoms with E-state index >= 15 is 0 Å². The van der Waals surface area contributed by atoms with Crippen molar-refractivity contribution >= 4 is 17.5 Å². The van der Waals surface area contributed by atoms with E-state index in [0.717, 1.165) is 27.4 Å². The summed E-state index contributed by atoms with van der Waals surface area (Å²) in [5, 5.41) is 0.773. The molecule has 0 unspecified atom stereocenters. The Kier molecular flexibility index (Phi) is 4.44. The normalized spacial score (nSPS) is 13.6. The van der Waals surface area contributed by atoms with E-state index in [1.807, 2.05) is 31.2 Å². The molecule has 3 aromatic rings. The highest BCUT2D eigenvalue weighted by molar-refractivity contribution is 6.33. The van der Waals surface area contributed by atoms with Crippen LogP contribution in [0.1, 0.15) is 46.2 Å². The van der Waals surface area contributed by atoms with Gasteiger partial charge in [0.1, 0.15) is 5.69 Å². The highest BCUT2D eigenvalue weighted by Gasteiger charge is 2.24. The van der Waals surface area contributed by atoms with Gasteiger partial charge in [0, 0.05) is 16.1 Å². The maximum absolute atomic E-state index is 11.6. The zero-order valence-corrected chi connectivity index (χ0v) is 16.0. The van der Waals surface area contributed by atoms with Gasteiger partial charge in [-0.2, -0.15) is 0 Å². The maximum atomic E-state index is 11.6. The lowest BCUT2D eigenvalue weighted by Crippen LogP contribution is -2.17. The second-order valence-electron chi connectivity index (χ2n) is 7.05. The molecule has 2 N–H and O–H groups in total. The lowest BCUT2D eigenvalue weighted by molar-refractivity contribution is 0.0994. The van der Waals surface area contributed by atoms with E-state index in [4.69, 9.17) is 17.3 Å². The number of benzene rings is 2. The molecule has 1 aliphatic rings. The largest absolute Gasteiger partial charge is 0.364 e.